The minimum Gasteiger partial charge on any atom is -0.492 e. The van der Waals surface area contributed by atoms with Gasteiger partial charge < -0.3 is 15.4 Å². The van der Waals surface area contributed by atoms with Gasteiger partial charge in [0, 0.05) is 37.2 Å². The summed E-state index contributed by atoms with van der Waals surface area (Å²) in [6.07, 6.45) is 2.75. The molecule has 0 aliphatic carbocycles. The Morgan fingerprint density at radius 1 is 1.35 bits per heavy atom. The number of guanidine groups is 1. The van der Waals surface area contributed by atoms with Crippen molar-refractivity contribution in [1.82, 2.24) is 15.6 Å². The van der Waals surface area contributed by atoms with Crippen LogP contribution in [0.3, 0.4) is 0 Å². The third-order valence-corrected chi connectivity index (χ3v) is 3.96. The van der Waals surface area contributed by atoms with Crippen LogP contribution in [-0.4, -0.2) is 37.7 Å². The molecule has 124 valence electrons. The van der Waals surface area contributed by atoms with Crippen LogP contribution < -0.4 is 15.4 Å². The van der Waals surface area contributed by atoms with E-state index in [2.05, 4.69) is 20.6 Å². The summed E-state index contributed by atoms with van der Waals surface area (Å²) >= 11 is 1.71. The maximum atomic E-state index is 13.0. The number of ether oxygens (including phenoxy) is 1. The topological polar surface area (TPSA) is 58.5 Å². The minimum atomic E-state index is -0.301. The van der Waals surface area contributed by atoms with Crippen LogP contribution in [0.2, 0.25) is 0 Å². The Morgan fingerprint density at radius 3 is 2.87 bits per heavy atom. The number of hydrogen-bond donors (Lipinski definition) is 2. The first-order chi connectivity index (χ1) is 11.2. The molecule has 0 fully saturated rings. The molecule has 0 aliphatic rings. The first kappa shape index (κ1) is 17.2. The largest absolute Gasteiger partial charge is 0.492 e. The fourth-order valence-corrected chi connectivity index (χ4v) is 2.71. The zero-order valence-corrected chi connectivity index (χ0v) is 14.1. The highest BCUT2D eigenvalue weighted by molar-refractivity contribution is 7.11. The third kappa shape index (κ3) is 6.23. The van der Waals surface area contributed by atoms with Gasteiger partial charge in [0.05, 0.1) is 11.6 Å². The van der Waals surface area contributed by atoms with Gasteiger partial charge in [-0.3, -0.25) is 4.99 Å². The molecular formula is C16H21FN4OS. The van der Waals surface area contributed by atoms with Gasteiger partial charge in [0.15, 0.2) is 5.96 Å². The van der Waals surface area contributed by atoms with Crippen molar-refractivity contribution in [3.8, 4) is 5.75 Å². The Kier molecular flexibility index (Phi) is 6.80. The lowest BCUT2D eigenvalue weighted by Gasteiger charge is -2.12. The predicted octanol–water partition coefficient (Wildman–Crippen LogP) is 2.38. The van der Waals surface area contributed by atoms with Crippen LogP contribution in [0.5, 0.6) is 5.75 Å². The van der Waals surface area contributed by atoms with Crippen LogP contribution in [0.15, 0.2) is 35.5 Å². The highest BCUT2D eigenvalue weighted by atomic mass is 32.1. The Bertz CT molecular complexity index is 645. The van der Waals surface area contributed by atoms with Crippen molar-refractivity contribution in [2.75, 3.05) is 26.7 Å². The van der Waals surface area contributed by atoms with Gasteiger partial charge in [0.2, 0.25) is 0 Å². The predicted molar refractivity (Wildman–Crippen MR) is 91.8 cm³/mol. The molecule has 5 nitrogen and oxygen atoms in total. The summed E-state index contributed by atoms with van der Waals surface area (Å²) in [7, 11) is 1.72. The number of nitrogens with one attached hydrogen (secondary N) is 2. The summed E-state index contributed by atoms with van der Waals surface area (Å²) in [5, 5.41) is 7.48. The molecule has 0 unspecified atom stereocenters. The number of halogens is 1. The molecular weight excluding hydrogens is 315 g/mol. The molecule has 0 bridgehead atoms. The van der Waals surface area contributed by atoms with Crippen LogP contribution in [0.4, 0.5) is 4.39 Å². The average molecular weight is 336 g/mol. The van der Waals surface area contributed by atoms with E-state index in [-0.39, 0.29) is 5.82 Å². The number of thiazole rings is 1. The summed E-state index contributed by atoms with van der Waals surface area (Å²) in [5.74, 6) is 0.931. The number of aliphatic imine (C=N–C) groups is 1. The molecule has 0 aliphatic heterocycles. The minimum absolute atomic E-state index is 0.301. The van der Waals surface area contributed by atoms with Gasteiger partial charge in [-0.15, -0.1) is 11.3 Å². The lowest BCUT2D eigenvalue weighted by Crippen LogP contribution is -2.40. The molecule has 0 saturated heterocycles. The second kappa shape index (κ2) is 9.09. The fraction of sp³-hybridized carbons (Fsp3) is 0.375. The maximum Gasteiger partial charge on any atom is 0.191 e. The molecule has 2 rings (SSSR count). The molecule has 2 aromatic rings. The van der Waals surface area contributed by atoms with E-state index in [1.165, 1.54) is 17.0 Å². The van der Waals surface area contributed by atoms with Gasteiger partial charge in [-0.1, -0.05) is 6.07 Å². The zero-order chi connectivity index (χ0) is 16.5. The number of hydrogen-bond acceptors (Lipinski definition) is 4. The molecule has 0 atom stereocenters. The molecule has 7 heteroatoms. The molecule has 1 heterocycles. The highest BCUT2D eigenvalue weighted by Crippen LogP contribution is 2.11. The number of aromatic nitrogens is 1. The fourth-order valence-electron chi connectivity index (χ4n) is 1.92. The van der Waals surface area contributed by atoms with Gasteiger partial charge in [-0.25, -0.2) is 9.37 Å². The molecule has 0 saturated carbocycles. The van der Waals surface area contributed by atoms with Gasteiger partial charge >= 0.3 is 0 Å². The number of aryl methyl sites for hydroxylation is 1. The highest BCUT2D eigenvalue weighted by Gasteiger charge is 2.01. The van der Waals surface area contributed by atoms with Crippen LogP contribution in [-0.2, 0) is 6.42 Å². The van der Waals surface area contributed by atoms with E-state index >= 15 is 0 Å². The van der Waals surface area contributed by atoms with Crippen LogP contribution >= 0.6 is 11.3 Å². The number of rotatable bonds is 7. The molecule has 0 amide bonds. The van der Waals surface area contributed by atoms with E-state index in [0.29, 0.717) is 24.9 Å². The van der Waals surface area contributed by atoms with E-state index in [1.54, 1.807) is 30.5 Å². The van der Waals surface area contributed by atoms with Crippen LogP contribution in [0.1, 0.15) is 9.88 Å². The number of nitrogens with zero attached hydrogens (tertiary/aromatic N) is 2. The molecule has 1 aromatic carbocycles. The Balaban J connectivity index is 1.63. The zero-order valence-electron chi connectivity index (χ0n) is 13.3. The molecule has 1 aromatic heterocycles. The average Bonchev–Trinajstić information content (AvgIpc) is 2.95. The van der Waals surface area contributed by atoms with Crippen molar-refractivity contribution in [1.29, 1.82) is 0 Å². The second-order valence-corrected chi connectivity index (χ2v) is 6.17. The lowest BCUT2D eigenvalue weighted by atomic mass is 10.3. The van der Waals surface area contributed by atoms with Crippen molar-refractivity contribution in [3.05, 3.63) is 46.2 Å². The first-order valence-electron chi connectivity index (χ1n) is 7.41. The SMILES string of the molecule is CN=C(NCCOc1cccc(F)c1)NCCc1ncc(C)s1. The summed E-state index contributed by atoms with van der Waals surface area (Å²) in [6.45, 7) is 3.81. The Hall–Kier alpha value is -2.15. The molecule has 0 radical (unpaired) electrons. The normalized spacial score (nSPS) is 11.3. The van der Waals surface area contributed by atoms with Gasteiger partial charge in [-0.2, -0.15) is 0 Å². The quantitative estimate of drug-likeness (QED) is 0.463. The van der Waals surface area contributed by atoms with Crippen molar-refractivity contribution in [3.63, 3.8) is 0 Å². The van der Waals surface area contributed by atoms with E-state index in [0.717, 1.165) is 18.0 Å². The smallest absolute Gasteiger partial charge is 0.191 e. The van der Waals surface area contributed by atoms with E-state index in [1.807, 2.05) is 13.1 Å². The van der Waals surface area contributed by atoms with Crippen molar-refractivity contribution >= 4 is 17.3 Å². The summed E-state index contributed by atoms with van der Waals surface area (Å²) in [6, 6.07) is 6.11. The van der Waals surface area contributed by atoms with Crippen molar-refractivity contribution in [2.24, 2.45) is 4.99 Å². The molecule has 23 heavy (non-hydrogen) atoms. The monoisotopic (exact) mass is 336 g/mol. The van der Waals surface area contributed by atoms with Crippen molar-refractivity contribution < 1.29 is 9.13 Å². The van der Waals surface area contributed by atoms with Gasteiger partial charge in [0.1, 0.15) is 18.2 Å². The lowest BCUT2D eigenvalue weighted by molar-refractivity contribution is 0.320. The summed E-state index contributed by atoms with van der Waals surface area (Å²) < 4.78 is 18.5. The standard InChI is InChI=1S/C16H21FN4OS/c1-12-11-21-15(23-12)6-7-19-16(18-2)20-8-9-22-14-5-3-4-13(17)10-14/h3-5,10-11H,6-9H2,1-2H3,(H2,18,19,20). The van der Waals surface area contributed by atoms with Gasteiger partial charge in [-0.05, 0) is 19.1 Å². The summed E-state index contributed by atoms with van der Waals surface area (Å²) in [5.41, 5.74) is 0. The van der Waals surface area contributed by atoms with Crippen LogP contribution in [0.25, 0.3) is 0 Å². The summed E-state index contributed by atoms with van der Waals surface area (Å²) in [4.78, 5) is 9.69. The third-order valence-electron chi connectivity index (χ3n) is 2.98. The second-order valence-electron chi connectivity index (χ2n) is 4.85. The van der Waals surface area contributed by atoms with Gasteiger partial charge in [0.25, 0.3) is 0 Å². The van der Waals surface area contributed by atoms with E-state index < -0.39 is 0 Å². The number of benzene rings is 1. The maximum absolute atomic E-state index is 13.0. The first-order valence-corrected chi connectivity index (χ1v) is 8.23. The Morgan fingerprint density at radius 2 is 2.17 bits per heavy atom. The molecule has 2 N–H and O–H groups in total. The van der Waals surface area contributed by atoms with E-state index in [4.69, 9.17) is 4.74 Å². The van der Waals surface area contributed by atoms with Crippen LogP contribution in [0, 0.1) is 12.7 Å². The van der Waals surface area contributed by atoms with E-state index in [9.17, 15) is 4.39 Å². The van der Waals surface area contributed by atoms with Crippen molar-refractivity contribution in [2.45, 2.75) is 13.3 Å². The Labute approximate surface area is 139 Å². The molecule has 0 spiro atoms.